The van der Waals surface area contributed by atoms with Crippen molar-refractivity contribution < 1.29 is 26.0 Å². The van der Waals surface area contributed by atoms with Gasteiger partial charge in [-0.25, -0.2) is 22.1 Å². The fraction of sp³-hybridized carbons (Fsp3) is 0.538. The highest BCUT2D eigenvalue weighted by atomic mass is 32.2. The van der Waals surface area contributed by atoms with E-state index in [1.165, 1.54) is 6.07 Å². The summed E-state index contributed by atoms with van der Waals surface area (Å²) in [5.74, 6) is 0. The number of hydrogen-bond donors (Lipinski definition) is 0. The summed E-state index contributed by atoms with van der Waals surface area (Å²) in [6, 6.07) is 4.00. The van der Waals surface area contributed by atoms with E-state index in [2.05, 4.69) is 0 Å². The zero-order valence-corrected chi connectivity index (χ0v) is 11.9. The Bertz CT molecular complexity index is 598. The molecule has 0 radical (unpaired) electrons. The van der Waals surface area contributed by atoms with Gasteiger partial charge < -0.3 is 0 Å². The van der Waals surface area contributed by atoms with E-state index in [4.69, 9.17) is 0 Å². The third kappa shape index (κ3) is 2.91. The number of sulfone groups is 1. The third-order valence-corrected chi connectivity index (χ3v) is 5.35. The number of benzene rings is 1. The molecule has 1 fully saturated rings. The number of rotatable bonds is 4. The largest absolute Gasteiger partial charge is 0.411 e. The molecule has 0 spiro atoms. The van der Waals surface area contributed by atoms with Crippen molar-refractivity contribution in [3.8, 4) is 0 Å². The lowest BCUT2D eigenvalue weighted by Gasteiger charge is -2.33. The number of nitrogens with zero attached hydrogens (tertiary/aromatic N) is 1. The summed E-state index contributed by atoms with van der Waals surface area (Å²) in [5.41, 5.74) is -0.894. The van der Waals surface area contributed by atoms with Crippen LogP contribution < -0.4 is 0 Å². The van der Waals surface area contributed by atoms with Crippen molar-refractivity contribution in [2.75, 3.05) is 13.1 Å². The molecule has 0 unspecified atom stereocenters. The maximum Gasteiger partial charge on any atom is 0.411 e. The van der Waals surface area contributed by atoms with Crippen molar-refractivity contribution in [3.63, 3.8) is 0 Å². The van der Waals surface area contributed by atoms with Crippen molar-refractivity contribution >= 4 is 9.84 Å². The molecule has 3 nitrogen and oxygen atoms in total. The zero-order chi connectivity index (χ0) is 15.7. The Labute approximate surface area is 120 Å². The second-order valence-electron chi connectivity index (χ2n) is 4.88. The van der Waals surface area contributed by atoms with Crippen LogP contribution in [-0.4, -0.2) is 31.8 Å². The van der Waals surface area contributed by atoms with E-state index in [9.17, 15) is 26.0 Å². The Balaban J connectivity index is 2.46. The van der Waals surface area contributed by atoms with E-state index in [1.807, 2.05) is 0 Å². The fourth-order valence-electron chi connectivity index (χ4n) is 2.36. The van der Waals surface area contributed by atoms with Gasteiger partial charge in [0.25, 0.3) is 16.3 Å². The number of hydrogen-bond acceptors (Lipinski definition) is 3. The lowest BCUT2D eigenvalue weighted by Crippen LogP contribution is -2.50. The number of piperidine rings is 1. The van der Waals surface area contributed by atoms with Crippen molar-refractivity contribution in [1.29, 1.82) is 0 Å². The van der Waals surface area contributed by atoms with Gasteiger partial charge in [0.15, 0.2) is 0 Å². The minimum Gasteiger partial charge on any atom is -0.230 e. The zero-order valence-electron chi connectivity index (χ0n) is 11.1. The highest BCUT2D eigenvalue weighted by Gasteiger charge is 2.52. The minimum absolute atomic E-state index is 0.0664. The summed E-state index contributed by atoms with van der Waals surface area (Å²) in [6.45, 7) is -0.133. The van der Waals surface area contributed by atoms with Gasteiger partial charge in [-0.05, 0) is 18.9 Å². The lowest BCUT2D eigenvalue weighted by molar-refractivity contribution is -0.0797. The van der Waals surface area contributed by atoms with E-state index in [0.717, 1.165) is 24.6 Å². The van der Waals surface area contributed by atoms with Gasteiger partial charge in [-0.1, -0.05) is 24.6 Å². The summed E-state index contributed by atoms with van der Waals surface area (Å²) in [4.78, 5) is -0.454. The van der Waals surface area contributed by atoms with Crippen LogP contribution in [0.2, 0.25) is 0 Å². The molecule has 2 rings (SSSR count). The average molecular weight is 325 g/mol. The summed E-state index contributed by atoms with van der Waals surface area (Å²) in [7, 11) is -5.20. The van der Waals surface area contributed by atoms with Gasteiger partial charge in [0.1, 0.15) is 0 Å². The Morgan fingerprint density at radius 2 is 1.62 bits per heavy atom. The Morgan fingerprint density at radius 1 is 1.05 bits per heavy atom. The van der Waals surface area contributed by atoms with E-state index in [-0.39, 0.29) is 13.1 Å². The summed E-state index contributed by atoms with van der Waals surface area (Å²) in [5, 5.41) is -4.18. The highest BCUT2D eigenvalue weighted by Crippen LogP contribution is 2.38. The van der Waals surface area contributed by atoms with Crippen molar-refractivity contribution in [2.45, 2.75) is 36.0 Å². The predicted molar refractivity (Wildman–Crippen MR) is 69.0 cm³/mol. The first-order valence-corrected chi connectivity index (χ1v) is 8.01. The number of alkyl halides is 4. The van der Waals surface area contributed by atoms with Gasteiger partial charge in [-0.3, -0.25) is 0 Å². The van der Waals surface area contributed by atoms with Crippen LogP contribution in [0.4, 0.5) is 17.6 Å². The molecular formula is C13H15F4NO2S. The van der Waals surface area contributed by atoms with Crippen molar-refractivity contribution in [3.05, 3.63) is 29.8 Å². The molecule has 1 heterocycles. The second kappa shape index (κ2) is 5.92. The Morgan fingerprint density at radius 3 is 2.19 bits per heavy atom. The molecule has 1 aliphatic heterocycles. The van der Waals surface area contributed by atoms with Crippen LogP contribution in [0.5, 0.6) is 0 Å². The molecular weight excluding hydrogens is 310 g/mol. The number of halogens is 4. The highest BCUT2D eigenvalue weighted by molar-refractivity contribution is 7.92. The van der Waals surface area contributed by atoms with Crippen LogP contribution in [0.1, 0.15) is 31.3 Å². The van der Waals surface area contributed by atoms with E-state index in [1.54, 1.807) is 0 Å². The van der Waals surface area contributed by atoms with Gasteiger partial charge in [0, 0.05) is 18.7 Å². The van der Waals surface area contributed by atoms with Gasteiger partial charge in [-0.15, -0.1) is 0 Å². The Kier molecular flexibility index (Phi) is 4.57. The fourth-order valence-corrected chi connectivity index (χ4v) is 3.87. The normalized spacial score (nSPS) is 18.1. The van der Waals surface area contributed by atoms with Crippen LogP contribution in [-0.2, 0) is 9.84 Å². The van der Waals surface area contributed by atoms with Gasteiger partial charge in [0.2, 0.25) is 0 Å². The molecule has 0 N–H and O–H groups in total. The molecule has 1 aliphatic rings. The maximum absolute atomic E-state index is 14.3. The molecule has 1 aromatic rings. The van der Waals surface area contributed by atoms with Gasteiger partial charge in [0.05, 0.1) is 4.90 Å². The molecule has 1 saturated heterocycles. The molecule has 0 bridgehead atoms. The van der Waals surface area contributed by atoms with E-state index in [0.29, 0.717) is 17.7 Å². The second-order valence-corrected chi connectivity index (χ2v) is 6.81. The Hall–Kier alpha value is -1.15. The molecule has 0 aliphatic carbocycles. The van der Waals surface area contributed by atoms with Crippen LogP contribution in [0.15, 0.2) is 29.2 Å². The quantitative estimate of drug-likeness (QED) is 0.629. The van der Waals surface area contributed by atoms with Crippen LogP contribution in [0.3, 0.4) is 0 Å². The van der Waals surface area contributed by atoms with Crippen molar-refractivity contribution in [2.24, 2.45) is 0 Å². The summed E-state index contributed by atoms with van der Waals surface area (Å²) >= 11 is 0. The number of likely N-dealkylation sites (tertiary alicyclic amines) is 1. The molecule has 8 heteroatoms. The standard InChI is InChI=1S/C13H15F4NO2S/c14-12(15)10-6-2-3-7-11(10)21(19,20)13(16,17)18-8-4-1-5-9-18/h2-3,6-7,12H,1,4-5,8-9H2. The van der Waals surface area contributed by atoms with E-state index >= 15 is 0 Å². The van der Waals surface area contributed by atoms with Crippen LogP contribution >= 0.6 is 0 Å². The third-order valence-electron chi connectivity index (χ3n) is 3.49. The molecule has 0 aromatic heterocycles. The maximum atomic E-state index is 14.3. The molecule has 0 atom stereocenters. The molecule has 1 aromatic carbocycles. The van der Waals surface area contributed by atoms with Gasteiger partial charge in [-0.2, -0.15) is 8.78 Å². The minimum atomic E-state index is -5.20. The molecule has 0 saturated carbocycles. The van der Waals surface area contributed by atoms with Crippen LogP contribution in [0.25, 0.3) is 0 Å². The van der Waals surface area contributed by atoms with Gasteiger partial charge >= 0.3 is 5.38 Å². The predicted octanol–water partition coefficient (Wildman–Crippen LogP) is 3.43. The SMILES string of the molecule is O=S(=O)(c1ccccc1C(F)F)C(F)(F)N1CCCCC1. The monoisotopic (exact) mass is 325 g/mol. The molecule has 21 heavy (non-hydrogen) atoms. The van der Waals surface area contributed by atoms with Crippen LogP contribution in [0, 0.1) is 0 Å². The van der Waals surface area contributed by atoms with E-state index < -0.39 is 32.1 Å². The van der Waals surface area contributed by atoms with Crippen molar-refractivity contribution in [1.82, 2.24) is 4.90 Å². The smallest absolute Gasteiger partial charge is 0.230 e. The summed E-state index contributed by atoms with van der Waals surface area (Å²) < 4.78 is 78.7. The first-order chi connectivity index (χ1) is 9.78. The molecule has 0 amide bonds. The topological polar surface area (TPSA) is 37.4 Å². The summed E-state index contributed by atoms with van der Waals surface area (Å²) in [6.07, 6.45) is -1.46. The molecule has 118 valence electrons. The first-order valence-electron chi connectivity index (χ1n) is 6.53. The lowest BCUT2D eigenvalue weighted by atomic mass is 10.1. The first kappa shape index (κ1) is 16.2. The average Bonchev–Trinajstić information content (AvgIpc) is 2.48.